The molecule has 3 N–H and O–H groups in total. The quantitative estimate of drug-likeness (QED) is 0.331. The zero-order valence-corrected chi connectivity index (χ0v) is 18.3. The van der Waals surface area contributed by atoms with E-state index in [1.165, 1.54) is 12.1 Å². The Morgan fingerprint density at radius 1 is 1.29 bits per heavy atom. The van der Waals surface area contributed by atoms with Crippen molar-refractivity contribution in [3.63, 3.8) is 0 Å². The van der Waals surface area contributed by atoms with Crippen LogP contribution in [0.2, 0.25) is 0 Å². The molecule has 170 valence electrons. The summed E-state index contributed by atoms with van der Waals surface area (Å²) in [5, 5.41) is 4.74. The Labute approximate surface area is 181 Å². The zero-order chi connectivity index (χ0) is 22.5. The summed E-state index contributed by atoms with van der Waals surface area (Å²) in [7, 11) is -3.51. The fraction of sp³-hybridized carbons (Fsp3) is 0.524. The summed E-state index contributed by atoms with van der Waals surface area (Å²) in [6.07, 6.45) is 6.64. The van der Waals surface area contributed by atoms with Gasteiger partial charge < -0.3 is 10.1 Å². The van der Waals surface area contributed by atoms with Crippen LogP contribution in [0.5, 0.6) is 5.75 Å². The summed E-state index contributed by atoms with van der Waals surface area (Å²) >= 11 is 0. The first-order valence-electron chi connectivity index (χ1n) is 10.3. The minimum Gasteiger partial charge on any atom is -0.490 e. The molecule has 0 unspecified atom stereocenters. The average Bonchev–Trinajstić information content (AvgIpc) is 3.47. The van der Waals surface area contributed by atoms with E-state index in [2.05, 4.69) is 15.4 Å². The molecule has 0 bridgehead atoms. The number of hydrogen-bond donors (Lipinski definition) is 3. The summed E-state index contributed by atoms with van der Waals surface area (Å²) in [4.78, 5) is 22.9. The van der Waals surface area contributed by atoms with Crippen molar-refractivity contribution in [2.45, 2.75) is 44.6 Å². The molecule has 2 fully saturated rings. The normalized spacial score (nSPS) is 21.4. The van der Waals surface area contributed by atoms with Gasteiger partial charge in [-0.1, -0.05) is 18.2 Å². The standard InChI is InChI=1S/C21H28FN3O5S/c1-21(19(26)24-20(27)25-21)10-3-2-4-12-31(28,29)23-11-9-15-7-8-17(22)18(13-15)30-14-16-5-6-16/h2,4,7-8,13,16,23H,3,5-6,9-12,14H2,1H3,(H2,24,25,26,27)/b4-2+/t21-/m0/s1. The molecule has 1 aromatic carbocycles. The van der Waals surface area contributed by atoms with Crippen LogP contribution in [0.3, 0.4) is 0 Å². The van der Waals surface area contributed by atoms with E-state index in [-0.39, 0.29) is 24.0 Å². The monoisotopic (exact) mass is 453 g/mol. The Bertz CT molecular complexity index is 962. The molecule has 8 nitrogen and oxygen atoms in total. The highest BCUT2D eigenvalue weighted by atomic mass is 32.2. The van der Waals surface area contributed by atoms with Gasteiger partial charge in [0.15, 0.2) is 11.6 Å². The van der Waals surface area contributed by atoms with Crippen LogP contribution in [0.25, 0.3) is 0 Å². The second-order valence-corrected chi connectivity index (χ2v) is 10.0. The van der Waals surface area contributed by atoms with Gasteiger partial charge in [-0.3, -0.25) is 10.1 Å². The number of ether oxygens (including phenoxy) is 1. The first-order valence-corrected chi connectivity index (χ1v) is 12.0. The maximum absolute atomic E-state index is 13.8. The maximum atomic E-state index is 13.8. The van der Waals surface area contributed by atoms with Crippen molar-refractivity contribution in [3.8, 4) is 5.75 Å². The summed E-state index contributed by atoms with van der Waals surface area (Å²) in [5.74, 6) is -0.280. The van der Waals surface area contributed by atoms with Crippen molar-refractivity contribution in [2.24, 2.45) is 5.92 Å². The number of benzene rings is 1. The molecule has 2 aliphatic rings. The number of urea groups is 1. The predicted octanol–water partition coefficient (Wildman–Crippen LogP) is 2.01. The third kappa shape index (κ3) is 7.03. The number of allylic oxidation sites excluding steroid dienone is 1. The SMILES string of the molecule is C[C@@]1(CC/C=C/CS(=O)(=O)NCCc2ccc(F)c(OCC3CC3)c2)NC(=O)NC1=O. The van der Waals surface area contributed by atoms with Gasteiger partial charge in [0.2, 0.25) is 10.0 Å². The molecule has 0 radical (unpaired) electrons. The van der Waals surface area contributed by atoms with Crippen LogP contribution in [-0.2, 0) is 21.2 Å². The van der Waals surface area contributed by atoms with Crippen molar-refractivity contribution in [1.82, 2.24) is 15.4 Å². The highest BCUT2D eigenvalue weighted by Crippen LogP contribution is 2.30. The summed E-state index contributed by atoms with van der Waals surface area (Å²) in [6.45, 7) is 2.32. The molecule has 1 aliphatic carbocycles. The molecule has 1 saturated carbocycles. The van der Waals surface area contributed by atoms with E-state index in [4.69, 9.17) is 4.74 Å². The minimum absolute atomic E-state index is 0.189. The molecule has 1 atom stereocenters. The van der Waals surface area contributed by atoms with Gasteiger partial charge in [-0.25, -0.2) is 22.3 Å². The predicted molar refractivity (Wildman–Crippen MR) is 114 cm³/mol. The van der Waals surface area contributed by atoms with Crippen LogP contribution in [0, 0.1) is 11.7 Å². The van der Waals surface area contributed by atoms with E-state index in [1.807, 2.05) is 0 Å². The molecule has 10 heteroatoms. The highest BCUT2D eigenvalue weighted by Gasteiger charge is 2.40. The minimum atomic E-state index is -3.51. The van der Waals surface area contributed by atoms with Crippen LogP contribution in [0.1, 0.15) is 38.2 Å². The number of amides is 3. The fourth-order valence-corrected chi connectivity index (χ4v) is 4.08. The number of carbonyl (C=O) groups excluding carboxylic acids is 2. The van der Waals surface area contributed by atoms with E-state index < -0.39 is 27.4 Å². The molecular formula is C21H28FN3O5S. The van der Waals surface area contributed by atoms with Crippen molar-refractivity contribution in [3.05, 3.63) is 41.7 Å². The highest BCUT2D eigenvalue weighted by molar-refractivity contribution is 7.89. The first kappa shape index (κ1) is 23.2. The second kappa shape index (κ2) is 9.78. The van der Waals surface area contributed by atoms with Crippen molar-refractivity contribution in [2.75, 3.05) is 18.9 Å². The zero-order valence-electron chi connectivity index (χ0n) is 17.4. The van der Waals surface area contributed by atoms with Gasteiger partial charge in [0.25, 0.3) is 5.91 Å². The third-order valence-electron chi connectivity index (χ3n) is 5.31. The Balaban J connectivity index is 1.38. The summed E-state index contributed by atoms with van der Waals surface area (Å²) in [5.41, 5.74) is -0.190. The van der Waals surface area contributed by atoms with Crippen LogP contribution >= 0.6 is 0 Å². The number of halogens is 1. The Morgan fingerprint density at radius 3 is 2.74 bits per heavy atom. The lowest BCUT2D eigenvalue weighted by molar-refractivity contribution is -0.123. The lowest BCUT2D eigenvalue weighted by atomic mass is 9.96. The van der Waals surface area contributed by atoms with Gasteiger partial charge in [0, 0.05) is 6.54 Å². The molecule has 0 spiro atoms. The topological polar surface area (TPSA) is 114 Å². The van der Waals surface area contributed by atoms with Gasteiger partial charge in [0.05, 0.1) is 12.4 Å². The van der Waals surface area contributed by atoms with Crippen LogP contribution in [-0.4, -0.2) is 44.8 Å². The van der Waals surface area contributed by atoms with Crippen LogP contribution in [0.4, 0.5) is 9.18 Å². The molecule has 0 aromatic heterocycles. The first-order chi connectivity index (χ1) is 14.7. The molecule has 3 amide bonds. The van der Waals surface area contributed by atoms with Crippen molar-refractivity contribution in [1.29, 1.82) is 0 Å². The Morgan fingerprint density at radius 2 is 2.06 bits per heavy atom. The van der Waals surface area contributed by atoms with Gasteiger partial charge in [-0.05, 0) is 62.6 Å². The van der Waals surface area contributed by atoms with Crippen molar-refractivity contribution < 1.29 is 27.1 Å². The maximum Gasteiger partial charge on any atom is 0.322 e. The van der Waals surface area contributed by atoms with E-state index in [0.29, 0.717) is 31.8 Å². The number of rotatable bonds is 12. The summed E-state index contributed by atoms with van der Waals surface area (Å²) in [6, 6.07) is 4.05. The molecule has 1 aromatic rings. The fourth-order valence-electron chi connectivity index (χ4n) is 3.16. The van der Waals surface area contributed by atoms with E-state index in [9.17, 15) is 22.4 Å². The van der Waals surface area contributed by atoms with Gasteiger partial charge >= 0.3 is 6.03 Å². The smallest absolute Gasteiger partial charge is 0.322 e. The van der Waals surface area contributed by atoms with Crippen molar-refractivity contribution >= 4 is 22.0 Å². The third-order valence-corrected chi connectivity index (χ3v) is 6.59. The van der Waals surface area contributed by atoms with Crippen LogP contribution < -0.4 is 20.1 Å². The van der Waals surface area contributed by atoms with Gasteiger partial charge in [0.1, 0.15) is 5.54 Å². The number of carbonyl (C=O) groups is 2. The van der Waals surface area contributed by atoms with Gasteiger partial charge in [-0.2, -0.15) is 0 Å². The Hall–Kier alpha value is -2.46. The molecule has 1 saturated heterocycles. The van der Waals surface area contributed by atoms with E-state index in [0.717, 1.165) is 18.4 Å². The molecular weight excluding hydrogens is 425 g/mol. The van der Waals surface area contributed by atoms with E-state index >= 15 is 0 Å². The number of nitrogens with one attached hydrogen (secondary N) is 3. The van der Waals surface area contributed by atoms with Crippen LogP contribution in [0.15, 0.2) is 30.4 Å². The number of imide groups is 1. The van der Waals surface area contributed by atoms with E-state index in [1.54, 1.807) is 25.1 Å². The molecule has 3 rings (SSSR count). The average molecular weight is 454 g/mol. The largest absolute Gasteiger partial charge is 0.490 e. The Kier molecular flexibility index (Phi) is 7.32. The molecule has 31 heavy (non-hydrogen) atoms. The lowest BCUT2D eigenvalue weighted by Gasteiger charge is -2.18. The molecule has 1 heterocycles. The number of hydrogen-bond acceptors (Lipinski definition) is 5. The second-order valence-electron chi connectivity index (χ2n) is 8.20. The number of sulfonamides is 1. The lowest BCUT2D eigenvalue weighted by Crippen LogP contribution is -2.43. The molecule has 1 aliphatic heterocycles. The van der Waals surface area contributed by atoms with Gasteiger partial charge in [-0.15, -0.1) is 0 Å². The summed E-state index contributed by atoms with van der Waals surface area (Å²) < 4.78 is 46.1.